The predicted molar refractivity (Wildman–Crippen MR) is 88.3 cm³/mol. The summed E-state index contributed by atoms with van der Waals surface area (Å²) in [5, 5.41) is 8.43. The number of carbonyl (C=O) groups is 1. The molecule has 3 atom stereocenters. The van der Waals surface area contributed by atoms with Gasteiger partial charge in [-0.25, -0.2) is 4.68 Å². The second-order valence-electron chi connectivity index (χ2n) is 7.00. The SMILES string of the molecule is O=C(CCn1nnc2ccccc2c1=O)OCC1CC2CCC1C2. The van der Waals surface area contributed by atoms with E-state index in [0.717, 1.165) is 11.8 Å². The van der Waals surface area contributed by atoms with E-state index in [0.29, 0.717) is 23.4 Å². The summed E-state index contributed by atoms with van der Waals surface area (Å²) in [6, 6.07) is 7.07. The minimum absolute atomic E-state index is 0.147. The zero-order chi connectivity index (χ0) is 16.5. The van der Waals surface area contributed by atoms with Gasteiger partial charge < -0.3 is 4.74 Å². The third-order valence-corrected chi connectivity index (χ3v) is 5.50. The molecule has 0 saturated heterocycles. The molecule has 1 aromatic heterocycles. The monoisotopic (exact) mass is 327 g/mol. The molecule has 2 aliphatic carbocycles. The van der Waals surface area contributed by atoms with Crippen LogP contribution in [-0.2, 0) is 16.1 Å². The Morgan fingerprint density at radius 1 is 1.25 bits per heavy atom. The molecule has 2 aliphatic rings. The van der Waals surface area contributed by atoms with Gasteiger partial charge >= 0.3 is 5.97 Å². The van der Waals surface area contributed by atoms with Gasteiger partial charge in [-0.05, 0) is 49.1 Å². The summed E-state index contributed by atoms with van der Waals surface area (Å²) in [4.78, 5) is 24.3. The number of nitrogens with zero attached hydrogens (tertiary/aromatic N) is 3. The van der Waals surface area contributed by atoms with Crippen molar-refractivity contribution in [3.63, 3.8) is 0 Å². The molecule has 1 aromatic carbocycles. The fourth-order valence-electron chi connectivity index (χ4n) is 4.22. The minimum Gasteiger partial charge on any atom is -0.465 e. The highest BCUT2D eigenvalue weighted by molar-refractivity contribution is 5.76. The van der Waals surface area contributed by atoms with Crippen LogP contribution in [0.1, 0.15) is 32.1 Å². The van der Waals surface area contributed by atoms with Crippen LogP contribution in [0.4, 0.5) is 0 Å². The fourth-order valence-corrected chi connectivity index (χ4v) is 4.22. The molecule has 2 fully saturated rings. The van der Waals surface area contributed by atoms with Crippen LogP contribution in [0.3, 0.4) is 0 Å². The topological polar surface area (TPSA) is 74.1 Å². The summed E-state index contributed by atoms with van der Waals surface area (Å²) in [7, 11) is 0. The normalized spacial score (nSPS) is 25.2. The number of fused-ring (bicyclic) bond motifs is 3. The Balaban J connectivity index is 1.32. The highest BCUT2D eigenvalue weighted by Crippen LogP contribution is 2.48. The van der Waals surface area contributed by atoms with E-state index in [4.69, 9.17) is 4.74 Å². The smallest absolute Gasteiger partial charge is 0.307 e. The van der Waals surface area contributed by atoms with Crippen molar-refractivity contribution < 1.29 is 9.53 Å². The molecule has 0 N–H and O–H groups in total. The van der Waals surface area contributed by atoms with Crippen LogP contribution in [-0.4, -0.2) is 27.6 Å². The van der Waals surface area contributed by atoms with E-state index in [9.17, 15) is 9.59 Å². The van der Waals surface area contributed by atoms with Gasteiger partial charge in [-0.3, -0.25) is 9.59 Å². The number of ether oxygens (including phenoxy) is 1. The zero-order valence-electron chi connectivity index (χ0n) is 13.6. The van der Waals surface area contributed by atoms with Crippen molar-refractivity contribution in [2.24, 2.45) is 17.8 Å². The first-order valence-electron chi connectivity index (χ1n) is 8.69. The predicted octanol–water partition coefficient (Wildman–Crippen LogP) is 2.16. The van der Waals surface area contributed by atoms with Crippen LogP contribution in [0.2, 0.25) is 0 Å². The van der Waals surface area contributed by atoms with E-state index in [1.807, 2.05) is 6.07 Å². The highest BCUT2D eigenvalue weighted by atomic mass is 16.5. The van der Waals surface area contributed by atoms with Crippen LogP contribution in [0.25, 0.3) is 10.9 Å². The van der Waals surface area contributed by atoms with Gasteiger partial charge in [0.1, 0.15) is 5.52 Å². The third kappa shape index (κ3) is 2.92. The lowest BCUT2D eigenvalue weighted by Gasteiger charge is -2.21. The molecule has 0 spiro atoms. The van der Waals surface area contributed by atoms with Crippen LogP contribution in [0.5, 0.6) is 0 Å². The maximum Gasteiger partial charge on any atom is 0.307 e. The van der Waals surface area contributed by atoms with Crippen molar-refractivity contribution in [1.29, 1.82) is 0 Å². The van der Waals surface area contributed by atoms with Crippen LogP contribution in [0, 0.1) is 17.8 Å². The van der Waals surface area contributed by atoms with E-state index in [2.05, 4.69) is 10.3 Å². The van der Waals surface area contributed by atoms with Gasteiger partial charge in [0.2, 0.25) is 0 Å². The number of aromatic nitrogens is 3. The number of hydrogen-bond acceptors (Lipinski definition) is 5. The summed E-state index contributed by atoms with van der Waals surface area (Å²) >= 11 is 0. The van der Waals surface area contributed by atoms with Gasteiger partial charge in [-0.2, -0.15) is 0 Å². The molecular weight excluding hydrogens is 306 g/mol. The van der Waals surface area contributed by atoms with E-state index in [1.165, 1.54) is 30.4 Å². The average Bonchev–Trinajstić information content (AvgIpc) is 3.22. The highest BCUT2D eigenvalue weighted by Gasteiger charge is 2.39. The van der Waals surface area contributed by atoms with Crippen molar-refractivity contribution in [1.82, 2.24) is 15.0 Å². The second-order valence-corrected chi connectivity index (χ2v) is 7.00. The second kappa shape index (κ2) is 6.34. The maximum absolute atomic E-state index is 12.3. The Labute approximate surface area is 139 Å². The lowest BCUT2D eigenvalue weighted by molar-refractivity contribution is -0.145. The van der Waals surface area contributed by atoms with E-state index in [-0.39, 0.29) is 24.5 Å². The molecule has 1 heterocycles. The number of hydrogen-bond donors (Lipinski definition) is 0. The molecule has 2 saturated carbocycles. The molecular formula is C18H21N3O3. The zero-order valence-corrected chi connectivity index (χ0v) is 13.6. The molecule has 3 unspecified atom stereocenters. The summed E-state index contributed by atoms with van der Waals surface area (Å²) < 4.78 is 6.66. The van der Waals surface area contributed by atoms with Gasteiger partial charge in [0, 0.05) is 0 Å². The first kappa shape index (κ1) is 15.3. The van der Waals surface area contributed by atoms with Gasteiger partial charge in [-0.1, -0.05) is 23.8 Å². The molecule has 2 aromatic rings. The average molecular weight is 327 g/mol. The molecule has 4 rings (SSSR count). The lowest BCUT2D eigenvalue weighted by atomic mass is 9.90. The number of esters is 1. The molecule has 126 valence electrons. The van der Waals surface area contributed by atoms with Gasteiger partial charge in [0.25, 0.3) is 5.56 Å². The Hall–Kier alpha value is -2.24. The van der Waals surface area contributed by atoms with Crippen LogP contribution >= 0.6 is 0 Å². The van der Waals surface area contributed by atoms with Crippen molar-refractivity contribution >= 4 is 16.9 Å². The van der Waals surface area contributed by atoms with Crippen molar-refractivity contribution in [3.05, 3.63) is 34.6 Å². The van der Waals surface area contributed by atoms with Gasteiger partial charge in [0.15, 0.2) is 0 Å². The first-order chi connectivity index (χ1) is 11.7. The number of aryl methyl sites for hydroxylation is 1. The number of rotatable bonds is 5. The molecule has 2 bridgehead atoms. The number of benzene rings is 1. The molecule has 0 amide bonds. The van der Waals surface area contributed by atoms with E-state index in [1.54, 1.807) is 18.2 Å². The number of carbonyl (C=O) groups excluding carboxylic acids is 1. The van der Waals surface area contributed by atoms with Crippen LogP contribution in [0.15, 0.2) is 29.1 Å². The summed E-state index contributed by atoms with van der Waals surface area (Å²) in [5.41, 5.74) is 0.346. The molecule has 0 aliphatic heterocycles. The Bertz CT molecular complexity index is 817. The molecule has 6 heteroatoms. The molecule has 0 radical (unpaired) electrons. The Morgan fingerprint density at radius 2 is 2.12 bits per heavy atom. The fraction of sp³-hybridized carbons (Fsp3) is 0.556. The summed E-state index contributed by atoms with van der Waals surface area (Å²) in [5.74, 6) is 1.87. The Kier molecular flexibility index (Phi) is 4.04. The van der Waals surface area contributed by atoms with Crippen molar-refractivity contribution in [3.8, 4) is 0 Å². The lowest BCUT2D eigenvalue weighted by Crippen LogP contribution is -2.26. The minimum atomic E-state index is -0.264. The largest absolute Gasteiger partial charge is 0.465 e. The summed E-state index contributed by atoms with van der Waals surface area (Å²) in [6.07, 6.45) is 5.29. The maximum atomic E-state index is 12.3. The third-order valence-electron chi connectivity index (χ3n) is 5.50. The van der Waals surface area contributed by atoms with Crippen molar-refractivity contribution in [2.75, 3.05) is 6.61 Å². The molecule has 6 nitrogen and oxygen atoms in total. The van der Waals surface area contributed by atoms with Crippen LogP contribution < -0.4 is 5.56 Å². The van der Waals surface area contributed by atoms with Gasteiger partial charge in [0.05, 0.1) is 25.0 Å². The van der Waals surface area contributed by atoms with Gasteiger partial charge in [-0.15, -0.1) is 5.10 Å². The van der Waals surface area contributed by atoms with E-state index >= 15 is 0 Å². The molecule has 24 heavy (non-hydrogen) atoms. The first-order valence-corrected chi connectivity index (χ1v) is 8.69. The van der Waals surface area contributed by atoms with Crippen molar-refractivity contribution in [2.45, 2.75) is 38.6 Å². The standard InChI is InChI=1S/C18H21N3O3/c22-17(24-11-14-10-12-5-6-13(14)9-12)7-8-21-18(23)15-3-1-2-4-16(15)19-20-21/h1-4,12-14H,5-11H2. The Morgan fingerprint density at radius 3 is 2.92 bits per heavy atom. The quantitative estimate of drug-likeness (QED) is 0.787. The summed E-state index contributed by atoms with van der Waals surface area (Å²) in [6.45, 7) is 0.727. The van der Waals surface area contributed by atoms with E-state index < -0.39 is 0 Å².